The van der Waals surface area contributed by atoms with Gasteiger partial charge in [0.2, 0.25) is 0 Å². The van der Waals surface area contributed by atoms with Crippen LogP contribution in [0.15, 0.2) is 91.0 Å². The molecule has 3 aromatic rings. The molecule has 1 fully saturated rings. The van der Waals surface area contributed by atoms with Crippen LogP contribution in [0, 0.1) is 0 Å². The Kier molecular flexibility index (Phi) is 13.2. The summed E-state index contributed by atoms with van der Waals surface area (Å²) in [7, 11) is 0. The molecule has 0 spiro atoms. The van der Waals surface area contributed by atoms with Gasteiger partial charge in [-0.15, -0.1) is 0 Å². The Labute approximate surface area is 240 Å². The van der Waals surface area contributed by atoms with E-state index in [4.69, 9.17) is 23.7 Å². The molecule has 1 aliphatic heterocycles. The highest BCUT2D eigenvalue weighted by Crippen LogP contribution is 2.31. The Morgan fingerprint density at radius 1 is 0.525 bits per heavy atom. The molecule has 0 unspecified atom stereocenters. The fourth-order valence-electron chi connectivity index (χ4n) is 5.08. The molecule has 0 N–H and O–H groups in total. The van der Waals surface area contributed by atoms with Crippen LogP contribution in [0.5, 0.6) is 0 Å². The Balaban J connectivity index is 1.49. The average molecular weight is 547 g/mol. The molecule has 1 saturated heterocycles. The molecule has 0 radical (unpaired) electrons. The maximum Gasteiger partial charge on any atom is 0.186 e. The van der Waals surface area contributed by atoms with E-state index in [1.165, 1.54) is 25.7 Å². The lowest BCUT2D eigenvalue weighted by Gasteiger charge is -2.45. The van der Waals surface area contributed by atoms with Gasteiger partial charge in [-0.25, -0.2) is 0 Å². The van der Waals surface area contributed by atoms with Crippen molar-refractivity contribution in [3.63, 3.8) is 0 Å². The van der Waals surface area contributed by atoms with E-state index in [0.717, 1.165) is 29.5 Å². The van der Waals surface area contributed by atoms with E-state index in [1.54, 1.807) is 0 Å². The SMILES string of the molecule is CCCCCCCCO[C@H]1O[C@@H](C)[C@H](OCc2ccccc2)[C@@H](OCc2ccccc2)[C@H]1OCc1ccccc1. The van der Waals surface area contributed by atoms with Gasteiger partial charge in [0.25, 0.3) is 0 Å². The van der Waals surface area contributed by atoms with E-state index in [-0.39, 0.29) is 18.3 Å². The van der Waals surface area contributed by atoms with Gasteiger partial charge in [-0.1, -0.05) is 130 Å². The molecule has 0 aromatic heterocycles. The summed E-state index contributed by atoms with van der Waals surface area (Å²) < 4.78 is 32.5. The molecule has 5 nitrogen and oxygen atoms in total. The van der Waals surface area contributed by atoms with Crippen LogP contribution in [0.1, 0.15) is 69.1 Å². The molecule has 0 bridgehead atoms. The van der Waals surface area contributed by atoms with Crippen LogP contribution in [0.3, 0.4) is 0 Å². The van der Waals surface area contributed by atoms with Crippen LogP contribution in [0.25, 0.3) is 0 Å². The standard InChI is InChI=1S/C35H46O5/c1-3-4-5-6-7-17-24-36-35-34(39-27-31-22-15-10-16-23-31)33(38-26-30-20-13-9-14-21-30)32(28(2)40-35)37-25-29-18-11-8-12-19-29/h8-16,18-23,28,32-35H,3-7,17,24-27H2,1-2H3/t28-,32-,33+,34+,35-/m0/s1. The molecule has 1 aliphatic rings. The first-order chi connectivity index (χ1) is 19.7. The molecule has 5 atom stereocenters. The van der Waals surface area contributed by atoms with Gasteiger partial charge in [0.1, 0.15) is 18.3 Å². The lowest BCUT2D eigenvalue weighted by molar-refractivity contribution is -0.320. The van der Waals surface area contributed by atoms with Crippen molar-refractivity contribution < 1.29 is 23.7 Å². The van der Waals surface area contributed by atoms with E-state index >= 15 is 0 Å². The Hall–Kier alpha value is -2.54. The molecule has 3 aromatic carbocycles. The third-order valence-electron chi connectivity index (χ3n) is 7.36. The van der Waals surface area contributed by atoms with Crippen molar-refractivity contribution in [1.29, 1.82) is 0 Å². The van der Waals surface area contributed by atoms with E-state index in [2.05, 4.69) is 43.3 Å². The summed E-state index contributed by atoms with van der Waals surface area (Å²) in [6.45, 7) is 6.29. The predicted octanol–water partition coefficient (Wildman–Crippen LogP) is 7.86. The summed E-state index contributed by atoms with van der Waals surface area (Å²) in [5.74, 6) is 0. The second kappa shape index (κ2) is 17.3. The number of rotatable bonds is 17. The maximum atomic E-state index is 6.63. The number of benzene rings is 3. The van der Waals surface area contributed by atoms with Crippen molar-refractivity contribution in [2.45, 2.75) is 103 Å². The third kappa shape index (κ3) is 9.83. The van der Waals surface area contributed by atoms with Gasteiger partial charge in [-0.05, 0) is 30.0 Å². The summed E-state index contributed by atoms with van der Waals surface area (Å²) in [5.41, 5.74) is 3.31. The van der Waals surface area contributed by atoms with Gasteiger partial charge in [0.05, 0.1) is 25.9 Å². The van der Waals surface area contributed by atoms with E-state index in [0.29, 0.717) is 26.4 Å². The highest BCUT2D eigenvalue weighted by atomic mass is 16.7. The number of hydrogen-bond donors (Lipinski definition) is 0. The number of unbranched alkanes of at least 4 members (excludes halogenated alkanes) is 5. The van der Waals surface area contributed by atoms with Gasteiger partial charge in [-0.2, -0.15) is 0 Å². The van der Waals surface area contributed by atoms with Gasteiger partial charge >= 0.3 is 0 Å². The maximum absolute atomic E-state index is 6.63. The first-order valence-corrected chi connectivity index (χ1v) is 15.0. The van der Waals surface area contributed by atoms with Crippen molar-refractivity contribution in [2.24, 2.45) is 0 Å². The first-order valence-electron chi connectivity index (χ1n) is 15.0. The van der Waals surface area contributed by atoms with Gasteiger partial charge in [0, 0.05) is 6.61 Å². The molecule has 5 heteroatoms. The fraction of sp³-hybridized carbons (Fsp3) is 0.486. The summed E-state index contributed by atoms with van der Waals surface area (Å²) >= 11 is 0. The zero-order chi connectivity index (χ0) is 27.8. The van der Waals surface area contributed by atoms with Crippen LogP contribution in [0.4, 0.5) is 0 Å². The summed E-state index contributed by atoms with van der Waals surface area (Å²) in [4.78, 5) is 0. The largest absolute Gasteiger partial charge is 0.368 e. The predicted molar refractivity (Wildman–Crippen MR) is 159 cm³/mol. The van der Waals surface area contributed by atoms with Gasteiger partial charge in [0.15, 0.2) is 6.29 Å². The van der Waals surface area contributed by atoms with Crippen molar-refractivity contribution in [2.75, 3.05) is 6.61 Å². The molecule has 4 rings (SSSR count). The minimum absolute atomic E-state index is 0.226. The Morgan fingerprint density at radius 2 is 0.975 bits per heavy atom. The number of ether oxygens (including phenoxy) is 5. The zero-order valence-corrected chi connectivity index (χ0v) is 24.2. The van der Waals surface area contributed by atoms with Gasteiger partial charge in [-0.3, -0.25) is 0 Å². The second-order valence-corrected chi connectivity index (χ2v) is 10.6. The Bertz CT molecular complexity index is 1050. The smallest absolute Gasteiger partial charge is 0.186 e. The third-order valence-corrected chi connectivity index (χ3v) is 7.36. The lowest BCUT2D eigenvalue weighted by atomic mass is 9.98. The lowest BCUT2D eigenvalue weighted by Crippen LogP contribution is -2.60. The van der Waals surface area contributed by atoms with E-state index < -0.39 is 12.4 Å². The van der Waals surface area contributed by atoms with Gasteiger partial charge < -0.3 is 23.7 Å². The van der Waals surface area contributed by atoms with Crippen molar-refractivity contribution in [3.05, 3.63) is 108 Å². The highest BCUT2D eigenvalue weighted by Gasteiger charge is 2.47. The topological polar surface area (TPSA) is 46.2 Å². The molecule has 216 valence electrons. The average Bonchev–Trinajstić information content (AvgIpc) is 3.00. The van der Waals surface area contributed by atoms with Crippen LogP contribution in [0.2, 0.25) is 0 Å². The summed E-state index contributed by atoms with van der Waals surface area (Å²) in [6, 6.07) is 30.7. The molecular weight excluding hydrogens is 500 g/mol. The summed E-state index contributed by atoms with van der Waals surface area (Å²) in [6.07, 6.45) is 5.35. The van der Waals surface area contributed by atoms with Crippen molar-refractivity contribution >= 4 is 0 Å². The minimum atomic E-state index is -0.535. The fourth-order valence-corrected chi connectivity index (χ4v) is 5.08. The molecule has 40 heavy (non-hydrogen) atoms. The minimum Gasteiger partial charge on any atom is -0.368 e. The first kappa shape index (κ1) is 30.4. The van der Waals surface area contributed by atoms with Crippen molar-refractivity contribution in [1.82, 2.24) is 0 Å². The van der Waals surface area contributed by atoms with E-state index in [9.17, 15) is 0 Å². The molecular formula is C35H46O5. The quantitative estimate of drug-likeness (QED) is 0.161. The summed E-state index contributed by atoms with van der Waals surface area (Å²) in [5, 5.41) is 0. The Morgan fingerprint density at radius 3 is 1.50 bits per heavy atom. The highest BCUT2D eigenvalue weighted by molar-refractivity contribution is 5.15. The van der Waals surface area contributed by atoms with E-state index in [1.807, 2.05) is 61.5 Å². The molecule has 1 heterocycles. The molecule has 0 aliphatic carbocycles. The zero-order valence-electron chi connectivity index (χ0n) is 24.2. The number of hydrogen-bond acceptors (Lipinski definition) is 5. The van der Waals surface area contributed by atoms with Crippen LogP contribution >= 0.6 is 0 Å². The molecule has 0 saturated carbocycles. The normalized spacial score (nSPS) is 22.8. The van der Waals surface area contributed by atoms with Crippen LogP contribution in [-0.2, 0) is 43.5 Å². The van der Waals surface area contributed by atoms with Crippen LogP contribution < -0.4 is 0 Å². The molecule has 0 amide bonds. The van der Waals surface area contributed by atoms with Crippen LogP contribution in [-0.4, -0.2) is 37.3 Å². The monoisotopic (exact) mass is 546 g/mol. The van der Waals surface area contributed by atoms with Crippen molar-refractivity contribution in [3.8, 4) is 0 Å². The second-order valence-electron chi connectivity index (χ2n) is 10.6.